The Labute approximate surface area is 153 Å². The molecule has 2 amide bonds. The van der Waals surface area contributed by atoms with Gasteiger partial charge in [-0.3, -0.25) is 9.59 Å². The van der Waals surface area contributed by atoms with Crippen molar-refractivity contribution in [3.8, 4) is 0 Å². The van der Waals surface area contributed by atoms with Gasteiger partial charge in [-0.2, -0.15) is 0 Å². The number of anilines is 1. The van der Waals surface area contributed by atoms with Gasteiger partial charge in [0.1, 0.15) is 0 Å². The van der Waals surface area contributed by atoms with Crippen molar-refractivity contribution in [2.45, 2.75) is 13.0 Å². The fourth-order valence-corrected chi connectivity index (χ4v) is 2.38. The van der Waals surface area contributed by atoms with Gasteiger partial charge in [0.25, 0.3) is 5.91 Å². The maximum atomic E-state index is 12.1. The Kier molecular flexibility index (Phi) is 6.01. The van der Waals surface area contributed by atoms with Crippen molar-refractivity contribution < 1.29 is 19.1 Å². The predicted octanol–water partition coefficient (Wildman–Crippen LogP) is 3.28. The molecule has 0 unspecified atom stereocenters. The molecule has 0 heterocycles. The minimum Gasteiger partial charge on any atom is -0.449 e. The minimum absolute atomic E-state index is 0.108. The minimum atomic E-state index is -1.06. The Hall–Kier alpha value is -2.57. The number of ether oxygens (including phenoxy) is 1. The molecule has 25 heavy (non-hydrogen) atoms. The third kappa shape index (κ3) is 4.95. The number of esters is 1. The molecular weight excluding hydrogens is 367 g/mol. The SMILES string of the molecule is C[C@H](OC(=O)c1ccc(Cl)cc1Cl)C(=O)Nc1ccc(C(N)=O)cc1. The maximum absolute atomic E-state index is 12.1. The van der Waals surface area contributed by atoms with Gasteiger partial charge in [0.2, 0.25) is 5.91 Å². The van der Waals surface area contributed by atoms with E-state index >= 15 is 0 Å². The lowest BCUT2D eigenvalue weighted by molar-refractivity contribution is -0.123. The molecule has 3 N–H and O–H groups in total. The first-order chi connectivity index (χ1) is 11.8. The van der Waals surface area contributed by atoms with Crippen LogP contribution in [0.25, 0.3) is 0 Å². The highest BCUT2D eigenvalue weighted by molar-refractivity contribution is 6.36. The highest BCUT2D eigenvalue weighted by atomic mass is 35.5. The third-order valence-electron chi connectivity index (χ3n) is 3.24. The first-order valence-corrected chi connectivity index (χ1v) is 7.90. The average Bonchev–Trinajstić information content (AvgIpc) is 2.55. The van der Waals surface area contributed by atoms with E-state index in [1.54, 1.807) is 0 Å². The fraction of sp³-hybridized carbons (Fsp3) is 0.118. The van der Waals surface area contributed by atoms with Gasteiger partial charge in [-0.1, -0.05) is 23.2 Å². The smallest absolute Gasteiger partial charge is 0.340 e. The molecular formula is C17H14Cl2N2O4. The molecule has 2 aromatic carbocycles. The van der Waals surface area contributed by atoms with Crippen molar-refractivity contribution >= 4 is 46.7 Å². The monoisotopic (exact) mass is 380 g/mol. The molecule has 0 saturated heterocycles. The molecule has 0 aliphatic carbocycles. The molecule has 6 nitrogen and oxygen atoms in total. The van der Waals surface area contributed by atoms with Crippen LogP contribution in [0.15, 0.2) is 42.5 Å². The first-order valence-electron chi connectivity index (χ1n) is 7.14. The fourth-order valence-electron chi connectivity index (χ4n) is 1.89. The molecule has 0 aromatic heterocycles. The zero-order valence-corrected chi connectivity index (χ0v) is 14.6. The lowest BCUT2D eigenvalue weighted by Gasteiger charge is -2.14. The van der Waals surface area contributed by atoms with E-state index in [0.29, 0.717) is 16.3 Å². The molecule has 2 rings (SSSR count). The summed E-state index contributed by atoms with van der Waals surface area (Å²) in [5.74, 6) is -1.85. The molecule has 130 valence electrons. The van der Waals surface area contributed by atoms with E-state index in [9.17, 15) is 14.4 Å². The van der Waals surface area contributed by atoms with Crippen LogP contribution in [0, 0.1) is 0 Å². The van der Waals surface area contributed by atoms with E-state index in [1.165, 1.54) is 49.4 Å². The second-order valence-corrected chi connectivity index (χ2v) is 5.95. The Bertz CT molecular complexity index is 822. The van der Waals surface area contributed by atoms with E-state index in [0.717, 1.165) is 0 Å². The van der Waals surface area contributed by atoms with Crippen molar-refractivity contribution in [2.24, 2.45) is 5.73 Å². The van der Waals surface area contributed by atoms with Gasteiger partial charge in [-0.15, -0.1) is 0 Å². The summed E-state index contributed by atoms with van der Waals surface area (Å²) >= 11 is 11.7. The maximum Gasteiger partial charge on any atom is 0.340 e. The lowest BCUT2D eigenvalue weighted by atomic mass is 10.2. The quantitative estimate of drug-likeness (QED) is 0.777. The Morgan fingerprint density at radius 2 is 1.72 bits per heavy atom. The summed E-state index contributed by atoms with van der Waals surface area (Å²) in [6.07, 6.45) is -1.06. The number of rotatable bonds is 5. The van der Waals surface area contributed by atoms with Crippen molar-refractivity contribution in [3.63, 3.8) is 0 Å². The Balaban J connectivity index is 1.99. The topological polar surface area (TPSA) is 98.5 Å². The summed E-state index contributed by atoms with van der Waals surface area (Å²) in [5, 5.41) is 3.08. The van der Waals surface area contributed by atoms with Gasteiger partial charge in [-0.25, -0.2) is 4.79 Å². The van der Waals surface area contributed by atoms with Crippen LogP contribution in [0.2, 0.25) is 10.0 Å². The number of halogens is 2. The highest BCUT2D eigenvalue weighted by Gasteiger charge is 2.21. The predicted molar refractivity (Wildman–Crippen MR) is 94.9 cm³/mol. The van der Waals surface area contributed by atoms with Crippen molar-refractivity contribution in [1.29, 1.82) is 0 Å². The van der Waals surface area contributed by atoms with Crippen LogP contribution >= 0.6 is 23.2 Å². The number of hydrogen-bond donors (Lipinski definition) is 2. The van der Waals surface area contributed by atoms with Gasteiger partial charge in [-0.05, 0) is 49.4 Å². The van der Waals surface area contributed by atoms with Crippen molar-refractivity contribution in [2.75, 3.05) is 5.32 Å². The largest absolute Gasteiger partial charge is 0.449 e. The molecule has 1 atom stereocenters. The zero-order valence-electron chi connectivity index (χ0n) is 13.1. The second kappa shape index (κ2) is 8.00. The van der Waals surface area contributed by atoms with Crippen LogP contribution in [-0.2, 0) is 9.53 Å². The van der Waals surface area contributed by atoms with Gasteiger partial charge < -0.3 is 15.8 Å². The van der Waals surface area contributed by atoms with Crippen LogP contribution in [0.5, 0.6) is 0 Å². The number of amides is 2. The summed E-state index contributed by atoms with van der Waals surface area (Å²) < 4.78 is 5.10. The van der Waals surface area contributed by atoms with E-state index in [1.807, 2.05) is 0 Å². The molecule has 2 aromatic rings. The van der Waals surface area contributed by atoms with Crippen LogP contribution < -0.4 is 11.1 Å². The zero-order chi connectivity index (χ0) is 18.6. The normalized spacial score (nSPS) is 11.5. The van der Waals surface area contributed by atoms with E-state index < -0.39 is 23.9 Å². The summed E-state index contributed by atoms with van der Waals surface area (Å²) in [5.41, 5.74) is 6.00. The number of carbonyl (C=O) groups is 3. The second-order valence-electron chi connectivity index (χ2n) is 5.10. The number of nitrogens with two attached hydrogens (primary N) is 1. The molecule has 0 radical (unpaired) electrons. The number of primary amides is 1. The lowest BCUT2D eigenvalue weighted by Crippen LogP contribution is -2.30. The first kappa shape index (κ1) is 18.8. The molecule has 0 fully saturated rings. The highest BCUT2D eigenvalue weighted by Crippen LogP contribution is 2.22. The molecule has 0 aliphatic rings. The van der Waals surface area contributed by atoms with E-state index in [2.05, 4.69) is 5.32 Å². The third-order valence-corrected chi connectivity index (χ3v) is 3.79. The number of benzene rings is 2. The molecule has 0 spiro atoms. The summed E-state index contributed by atoms with van der Waals surface area (Å²) in [4.78, 5) is 35.2. The number of nitrogens with one attached hydrogen (secondary N) is 1. The summed E-state index contributed by atoms with van der Waals surface area (Å²) in [7, 11) is 0. The molecule has 0 saturated carbocycles. The van der Waals surface area contributed by atoms with Crippen LogP contribution in [0.1, 0.15) is 27.6 Å². The van der Waals surface area contributed by atoms with Gasteiger partial charge in [0.15, 0.2) is 6.10 Å². The molecule has 0 aliphatic heterocycles. The summed E-state index contributed by atoms with van der Waals surface area (Å²) in [6, 6.07) is 10.3. The van der Waals surface area contributed by atoms with Gasteiger partial charge in [0.05, 0.1) is 10.6 Å². The van der Waals surface area contributed by atoms with E-state index in [4.69, 9.17) is 33.7 Å². The van der Waals surface area contributed by atoms with Gasteiger partial charge >= 0.3 is 5.97 Å². The van der Waals surface area contributed by atoms with Crippen molar-refractivity contribution in [3.05, 3.63) is 63.6 Å². The van der Waals surface area contributed by atoms with Gasteiger partial charge in [0, 0.05) is 16.3 Å². The van der Waals surface area contributed by atoms with Crippen molar-refractivity contribution in [1.82, 2.24) is 0 Å². The molecule has 8 heteroatoms. The van der Waals surface area contributed by atoms with Crippen LogP contribution in [-0.4, -0.2) is 23.9 Å². The van der Waals surface area contributed by atoms with Crippen LogP contribution in [0.3, 0.4) is 0 Å². The van der Waals surface area contributed by atoms with Crippen LogP contribution in [0.4, 0.5) is 5.69 Å². The summed E-state index contributed by atoms with van der Waals surface area (Å²) in [6.45, 7) is 1.43. The van der Waals surface area contributed by atoms with E-state index in [-0.39, 0.29) is 10.6 Å². The average molecular weight is 381 g/mol. The number of carbonyl (C=O) groups excluding carboxylic acids is 3. The number of hydrogen-bond acceptors (Lipinski definition) is 4. The Morgan fingerprint density at radius 1 is 1.08 bits per heavy atom. The Morgan fingerprint density at radius 3 is 2.28 bits per heavy atom. The standard InChI is InChI=1S/C17H14Cl2N2O4/c1-9(25-17(24)13-7-4-11(18)8-14(13)19)16(23)21-12-5-2-10(3-6-12)15(20)22/h2-9H,1H3,(H2,20,22)(H,21,23)/t9-/m0/s1. The molecule has 0 bridgehead atoms.